The molecule has 0 saturated carbocycles. The first kappa shape index (κ1) is 22.8. The summed E-state index contributed by atoms with van der Waals surface area (Å²) in [4.78, 5) is 17.5. The summed E-state index contributed by atoms with van der Waals surface area (Å²) in [6.07, 6.45) is 4.02. The minimum absolute atomic E-state index is 0.345. The molecule has 0 bridgehead atoms. The van der Waals surface area contributed by atoms with E-state index in [-0.39, 0.29) is 5.91 Å². The van der Waals surface area contributed by atoms with Gasteiger partial charge in [-0.25, -0.2) is 4.98 Å². The predicted octanol–water partition coefficient (Wildman–Crippen LogP) is 4.27. The number of fused-ring (bicyclic) bond motifs is 1. The number of hydrogen-bond donors (Lipinski definition) is 1. The third kappa shape index (κ3) is 4.69. The van der Waals surface area contributed by atoms with Gasteiger partial charge in [-0.3, -0.25) is 4.79 Å². The van der Waals surface area contributed by atoms with E-state index in [0.29, 0.717) is 67.2 Å². The molecule has 3 aromatic rings. The lowest BCUT2D eigenvalue weighted by Crippen LogP contribution is -2.22. The first-order valence-corrected chi connectivity index (χ1v) is 10.6. The average molecular weight is 487 g/mol. The molecule has 0 spiro atoms. The van der Waals surface area contributed by atoms with Crippen molar-refractivity contribution in [3.05, 3.63) is 63.8 Å². The standard InChI is InChI=1S/C24H20Cl2N2O5/c1-30-19-10-14(11-20(31-2)22(19)32-3)23(29)27-16-6-4-5-13(9-16)24-28-18-8-7-15(25)12-17(26)21(18)33-24/h4-6,8-12H,7H2,1-3H3,(H,27,29). The van der Waals surface area contributed by atoms with Crippen molar-refractivity contribution >= 4 is 45.9 Å². The molecule has 170 valence electrons. The summed E-state index contributed by atoms with van der Waals surface area (Å²) in [6.45, 7) is 0. The summed E-state index contributed by atoms with van der Waals surface area (Å²) >= 11 is 12.4. The number of carbonyl (C=O) groups excluding carboxylic acids is 1. The molecule has 0 fully saturated rings. The molecule has 0 atom stereocenters. The number of aromatic nitrogens is 1. The van der Waals surface area contributed by atoms with Crippen molar-refractivity contribution in [1.29, 1.82) is 0 Å². The van der Waals surface area contributed by atoms with Crippen molar-refractivity contribution in [2.45, 2.75) is 6.42 Å². The number of rotatable bonds is 6. The van der Waals surface area contributed by atoms with E-state index >= 15 is 0 Å². The summed E-state index contributed by atoms with van der Waals surface area (Å²) in [5.74, 6) is 1.21. The number of methoxy groups -OCH3 is 3. The number of hydrogen-bond acceptors (Lipinski definition) is 6. The highest BCUT2D eigenvalue weighted by molar-refractivity contribution is 6.48. The maximum Gasteiger partial charge on any atom is 0.255 e. The van der Waals surface area contributed by atoms with Gasteiger partial charge in [-0.05, 0) is 42.5 Å². The van der Waals surface area contributed by atoms with Crippen LogP contribution in [0.2, 0.25) is 0 Å². The quantitative estimate of drug-likeness (QED) is 0.559. The molecule has 1 amide bonds. The number of allylic oxidation sites excluding steroid dienone is 2. The highest BCUT2D eigenvalue weighted by atomic mass is 35.5. The summed E-state index contributed by atoms with van der Waals surface area (Å²) in [6, 6.07) is 10.3. The van der Waals surface area contributed by atoms with Gasteiger partial charge in [0.15, 0.2) is 16.9 Å². The van der Waals surface area contributed by atoms with E-state index in [1.807, 2.05) is 12.1 Å². The largest absolute Gasteiger partial charge is 0.493 e. The van der Waals surface area contributed by atoms with Gasteiger partial charge in [0.2, 0.25) is 11.6 Å². The molecule has 1 aliphatic rings. The van der Waals surface area contributed by atoms with E-state index < -0.39 is 0 Å². The molecule has 1 N–H and O–H groups in total. The fraction of sp³-hybridized carbons (Fsp3) is 0.167. The van der Waals surface area contributed by atoms with Gasteiger partial charge in [-0.15, -0.1) is 0 Å². The van der Waals surface area contributed by atoms with Gasteiger partial charge in [0.05, 0.1) is 26.4 Å². The first-order valence-electron chi connectivity index (χ1n) is 9.88. The molecule has 7 nitrogen and oxygen atoms in total. The molecule has 2 aromatic carbocycles. The second kappa shape index (κ2) is 9.60. The average Bonchev–Trinajstić information content (AvgIpc) is 3.21. The van der Waals surface area contributed by atoms with Crippen LogP contribution >= 0.6 is 23.2 Å². The zero-order valence-corrected chi connectivity index (χ0v) is 19.6. The van der Waals surface area contributed by atoms with Gasteiger partial charge in [0, 0.05) is 28.3 Å². The highest BCUT2D eigenvalue weighted by Crippen LogP contribution is 2.38. The van der Waals surface area contributed by atoms with Gasteiger partial charge in [-0.1, -0.05) is 29.3 Å². The van der Waals surface area contributed by atoms with E-state index in [0.717, 1.165) is 0 Å². The van der Waals surface area contributed by atoms with Gasteiger partial charge in [-0.2, -0.15) is 0 Å². The van der Waals surface area contributed by atoms with Crippen LogP contribution in [0.3, 0.4) is 0 Å². The Kier molecular flexibility index (Phi) is 6.62. The molecule has 1 aromatic heterocycles. The zero-order valence-electron chi connectivity index (χ0n) is 18.1. The van der Waals surface area contributed by atoms with Gasteiger partial charge in [0.25, 0.3) is 5.91 Å². The Morgan fingerprint density at radius 3 is 2.45 bits per heavy atom. The topological polar surface area (TPSA) is 82.8 Å². The van der Waals surface area contributed by atoms with E-state index in [1.54, 1.807) is 36.4 Å². The molecule has 0 saturated heterocycles. The highest BCUT2D eigenvalue weighted by Gasteiger charge is 2.18. The van der Waals surface area contributed by atoms with E-state index in [4.69, 9.17) is 41.8 Å². The van der Waals surface area contributed by atoms with Crippen LogP contribution in [-0.2, 0) is 0 Å². The first-order chi connectivity index (χ1) is 15.9. The van der Waals surface area contributed by atoms with E-state index in [9.17, 15) is 4.79 Å². The number of benzene rings is 2. The fourth-order valence-electron chi connectivity index (χ4n) is 3.37. The molecular formula is C24H20Cl2N2O5. The molecule has 4 rings (SSSR count). The minimum Gasteiger partial charge on any atom is -0.493 e. The number of ether oxygens (including phenoxy) is 3. The van der Waals surface area contributed by atoms with Crippen molar-refractivity contribution in [3.63, 3.8) is 0 Å². The summed E-state index contributed by atoms with van der Waals surface area (Å²) in [7, 11) is 4.48. The maximum absolute atomic E-state index is 12.9. The number of nitrogens with zero attached hydrogens (tertiary/aromatic N) is 1. The Morgan fingerprint density at radius 2 is 1.79 bits per heavy atom. The van der Waals surface area contributed by atoms with Crippen LogP contribution in [0.5, 0.6) is 17.2 Å². The van der Waals surface area contributed by atoms with Crippen molar-refractivity contribution in [2.75, 3.05) is 26.6 Å². The van der Waals surface area contributed by atoms with Gasteiger partial charge in [0.1, 0.15) is 5.35 Å². The van der Waals surface area contributed by atoms with Crippen LogP contribution in [0.1, 0.15) is 16.8 Å². The molecule has 9 heteroatoms. The lowest BCUT2D eigenvalue weighted by molar-refractivity contribution is 0.102. The third-order valence-electron chi connectivity index (χ3n) is 4.94. The number of amides is 1. The van der Waals surface area contributed by atoms with Gasteiger partial charge >= 0.3 is 0 Å². The molecule has 1 heterocycles. The number of oxazole rings is 1. The van der Waals surface area contributed by atoms with E-state index in [2.05, 4.69) is 10.3 Å². The van der Waals surface area contributed by atoms with Gasteiger partial charge < -0.3 is 23.9 Å². The van der Waals surface area contributed by atoms with Crippen molar-refractivity contribution < 1.29 is 23.4 Å². The lowest BCUT2D eigenvalue weighted by Gasteiger charge is -2.14. The van der Waals surface area contributed by atoms with Crippen molar-refractivity contribution in [1.82, 2.24) is 4.98 Å². The predicted molar refractivity (Wildman–Crippen MR) is 128 cm³/mol. The molecule has 0 unspecified atom stereocenters. The zero-order chi connectivity index (χ0) is 23.5. The number of nitrogens with one attached hydrogen (secondary N) is 1. The fourth-order valence-corrected chi connectivity index (χ4v) is 3.88. The van der Waals surface area contributed by atoms with Crippen molar-refractivity contribution in [3.8, 4) is 28.7 Å². The molecular weight excluding hydrogens is 467 g/mol. The van der Waals surface area contributed by atoms with Crippen LogP contribution in [-0.4, -0.2) is 32.2 Å². The number of halogens is 2. The SMILES string of the molecule is COc1cc(C(=O)Nc2cccc(-c3nc4c(o3)=C(Cl)C=C(Cl)CC=4)c2)cc(OC)c1OC. The van der Waals surface area contributed by atoms with Crippen molar-refractivity contribution in [2.24, 2.45) is 0 Å². The molecule has 1 aliphatic carbocycles. The molecule has 0 radical (unpaired) electrons. The Labute approximate surface area is 199 Å². The van der Waals surface area contributed by atoms with E-state index in [1.165, 1.54) is 21.3 Å². The Bertz CT molecular complexity index is 1350. The van der Waals surface area contributed by atoms with Crippen LogP contribution in [0.25, 0.3) is 22.6 Å². The van der Waals surface area contributed by atoms with Crippen LogP contribution in [0, 0.1) is 0 Å². The molecule has 33 heavy (non-hydrogen) atoms. The Hall–Kier alpha value is -3.42. The summed E-state index contributed by atoms with van der Waals surface area (Å²) in [5, 5.41) is 4.47. The smallest absolute Gasteiger partial charge is 0.255 e. The third-order valence-corrected chi connectivity index (χ3v) is 5.48. The number of carbonyl (C=O) groups is 1. The second-order valence-electron chi connectivity index (χ2n) is 7.03. The Morgan fingerprint density at radius 1 is 1.06 bits per heavy atom. The van der Waals surface area contributed by atoms with Crippen LogP contribution in [0.15, 0.2) is 51.9 Å². The van der Waals surface area contributed by atoms with Crippen LogP contribution in [0.4, 0.5) is 5.69 Å². The summed E-state index contributed by atoms with van der Waals surface area (Å²) < 4.78 is 21.9. The monoisotopic (exact) mass is 486 g/mol. The lowest BCUT2D eigenvalue weighted by atomic mass is 10.1. The summed E-state index contributed by atoms with van der Waals surface area (Å²) in [5.41, 5.74) is 2.03. The van der Waals surface area contributed by atoms with Crippen LogP contribution < -0.4 is 30.3 Å². The Balaban J connectivity index is 1.64. The normalized spacial score (nSPS) is 12.8. The second-order valence-corrected chi connectivity index (χ2v) is 7.92. The molecule has 0 aliphatic heterocycles. The minimum atomic E-state index is -0.348. The maximum atomic E-state index is 12.9. The number of anilines is 1.